The fraction of sp³-hybridized carbons (Fsp3) is 0.667. The van der Waals surface area contributed by atoms with E-state index >= 15 is 0 Å². The first-order valence-electron chi connectivity index (χ1n) is 5.84. The van der Waals surface area contributed by atoms with Gasteiger partial charge in [-0.25, -0.2) is 0 Å². The molecule has 0 radical (unpaired) electrons. The molecule has 0 aromatic carbocycles. The molecule has 1 aliphatic rings. The maximum Gasteiger partial charge on any atom is 0.118 e. The van der Waals surface area contributed by atoms with Crippen molar-refractivity contribution in [3.8, 4) is 0 Å². The molecule has 0 spiro atoms. The van der Waals surface area contributed by atoms with Crippen molar-refractivity contribution in [3.05, 3.63) is 23.7 Å². The molecule has 1 unspecified atom stereocenters. The molecule has 1 aliphatic heterocycles. The monoisotopic (exact) mass is 225 g/mol. The maximum atomic E-state index is 9.04. The van der Waals surface area contributed by atoms with Gasteiger partial charge in [-0.05, 0) is 12.1 Å². The highest BCUT2D eigenvalue weighted by molar-refractivity contribution is 5.07. The summed E-state index contributed by atoms with van der Waals surface area (Å²) in [7, 11) is 0. The molecule has 1 aromatic rings. The van der Waals surface area contributed by atoms with Gasteiger partial charge in [-0.2, -0.15) is 0 Å². The van der Waals surface area contributed by atoms with Crippen molar-refractivity contribution in [1.29, 1.82) is 0 Å². The number of aliphatic hydroxyl groups is 1. The SMILES string of the molecule is CCc1ccc(CN2CCOC(CO)C2)o1. The molecule has 1 atom stereocenters. The summed E-state index contributed by atoms with van der Waals surface area (Å²) in [6.45, 7) is 5.34. The summed E-state index contributed by atoms with van der Waals surface area (Å²) < 4.78 is 11.1. The van der Waals surface area contributed by atoms with Crippen molar-refractivity contribution in [1.82, 2.24) is 4.90 Å². The predicted molar refractivity (Wildman–Crippen MR) is 60.2 cm³/mol. The Kier molecular flexibility index (Phi) is 3.98. The lowest BCUT2D eigenvalue weighted by molar-refractivity contribution is -0.0565. The molecule has 4 nitrogen and oxygen atoms in total. The number of rotatable bonds is 4. The molecule has 0 amide bonds. The van der Waals surface area contributed by atoms with Gasteiger partial charge in [0.05, 0.1) is 25.9 Å². The lowest BCUT2D eigenvalue weighted by Gasteiger charge is -2.31. The Hall–Kier alpha value is -0.840. The molecule has 1 N–H and O–H groups in total. The van der Waals surface area contributed by atoms with Gasteiger partial charge in [0.1, 0.15) is 11.5 Å². The van der Waals surface area contributed by atoms with Crippen molar-refractivity contribution in [2.45, 2.75) is 26.0 Å². The second-order valence-corrected chi connectivity index (χ2v) is 4.13. The van der Waals surface area contributed by atoms with Gasteiger partial charge < -0.3 is 14.3 Å². The van der Waals surface area contributed by atoms with E-state index in [0.717, 1.165) is 37.6 Å². The highest BCUT2D eigenvalue weighted by atomic mass is 16.5. The summed E-state index contributed by atoms with van der Waals surface area (Å²) in [6, 6.07) is 4.06. The topological polar surface area (TPSA) is 45.8 Å². The number of ether oxygens (including phenoxy) is 1. The summed E-state index contributed by atoms with van der Waals surface area (Å²) in [5, 5.41) is 9.04. The first-order chi connectivity index (χ1) is 7.81. The van der Waals surface area contributed by atoms with Crippen LogP contribution in [0.1, 0.15) is 18.4 Å². The fourth-order valence-corrected chi connectivity index (χ4v) is 1.95. The summed E-state index contributed by atoms with van der Waals surface area (Å²) in [6.07, 6.45) is 0.886. The summed E-state index contributed by atoms with van der Waals surface area (Å²) >= 11 is 0. The number of hydrogen-bond donors (Lipinski definition) is 1. The molecule has 0 saturated carbocycles. The van der Waals surface area contributed by atoms with Crippen molar-refractivity contribution in [2.75, 3.05) is 26.3 Å². The van der Waals surface area contributed by atoms with Crippen LogP contribution in [0.2, 0.25) is 0 Å². The van der Waals surface area contributed by atoms with E-state index in [4.69, 9.17) is 14.3 Å². The van der Waals surface area contributed by atoms with E-state index in [1.165, 1.54) is 0 Å². The number of hydrogen-bond acceptors (Lipinski definition) is 4. The highest BCUT2D eigenvalue weighted by Crippen LogP contribution is 2.13. The van der Waals surface area contributed by atoms with Crippen molar-refractivity contribution >= 4 is 0 Å². The van der Waals surface area contributed by atoms with Gasteiger partial charge in [0, 0.05) is 19.5 Å². The Balaban J connectivity index is 1.88. The zero-order chi connectivity index (χ0) is 11.4. The minimum Gasteiger partial charge on any atom is -0.465 e. The Bertz CT molecular complexity index is 324. The second-order valence-electron chi connectivity index (χ2n) is 4.13. The van der Waals surface area contributed by atoms with E-state index in [1.807, 2.05) is 12.1 Å². The molecule has 1 aromatic heterocycles. The Morgan fingerprint density at radius 2 is 2.25 bits per heavy atom. The lowest BCUT2D eigenvalue weighted by Crippen LogP contribution is -2.43. The molecule has 1 fully saturated rings. The number of morpholine rings is 1. The van der Waals surface area contributed by atoms with Gasteiger partial charge in [0.25, 0.3) is 0 Å². The predicted octanol–water partition coefficient (Wildman–Crippen LogP) is 1.04. The van der Waals surface area contributed by atoms with Gasteiger partial charge in [-0.3, -0.25) is 4.90 Å². The van der Waals surface area contributed by atoms with Crippen LogP contribution in [-0.2, 0) is 17.7 Å². The average Bonchev–Trinajstić information content (AvgIpc) is 2.77. The van der Waals surface area contributed by atoms with Crippen LogP contribution < -0.4 is 0 Å². The second kappa shape index (κ2) is 5.48. The normalized spacial score (nSPS) is 22.5. The minimum atomic E-state index is -0.0469. The van der Waals surface area contributed by atoms with Crippen LogP contribution >= 0.6 is 0 Å². The molecular formula is C12H19NO3. The largest absolute Gasteiger partial charge is 0.465 e. The fourth-order valence-electron chi connectivity index (χ4n) is 1.95. The van der Waals surface area contributed by atoms with Crippen molar-refractivity contribution in [3.63, 3.8) is 0 Å². The summed E-state index contributed by atoms with van der Waals surface area (Å²) in [4.78, 5) is 2.25. The van der Waals surface area contributed by atoms with E-state index < -0.39 is 0 Å². The van der Waals surface area contributed by atoms with E-state index in [1.54, 1.807) is 0 Å². The zero-order valence-corrected chi connectivity index (χ0v) is 9.69. The van der Waals surface area contributed by atoms with E-state index in [9.17, 15) is 0 Å². The van der Waals surface area contributed by atoms with Crippen LogP contribution in [0, 0.1) is 0 Å². The first-order valence-corrected chi connectivity index (χ1v) is 5.84. The van der Waals surface area contributed by atoms with E-state index in [0.29, 0.717) is 6.61 Å². The molecule has 90 valence electrons. The number of nitrogens with zero attached hydrogens (tertiary/aromatic N) is 1. The Morgan fingerprint density at radius 1 is 1.44 bits per heavy atom. The molecule has 4 heteroatoms. The van der Waals surface area contributed by atoms with Gasteiger partial charge in [-0.15, -0.1) is 0 Å². The molecule has 0 aliphatic carbocycles. The zero-order valence-electron chi connectivity index (χ0n) is 9.69. The standard InChI is InChI=1S/C12H19NO3/c1-2-10-3-4-11(16-10)7-13-5-6-15-12(8-13)9-14/h3-4,12,14H,2,5-9H2,1H3. The maximum absolute atomic E-state index is 9.04. The molecule has 0 bridgehead atoms. The van der Waals surface area contributed by atoms with E-state index in [2.05, 4.69) is 11.8 Å². The third kappa shape index (κ3) is 2.84. The van der Waals surface area contributed by atoms with Gasteiger partial charge in [0.15, 0.2) is 0 Å². The van der Waals surface area contributed by atoms with Crippen LogP contribution in [0.3, 0.4) is 0 Å². The molecule has 2 heterocycles. The van der Waals surface area contributed by atoms with Crippen LogP contribution in [0.15, 0.2) is 16.5 Å². The Labute approximate surface area is 95.8 Å². The van der Waals surface area contributed by atoms with Gasteiger partial charge in [0.2, 0.25) is 0 Å². The number of furan rings is 1. The van der Waals surface area contributed by atoms with Gasteiger partial charge in [-0.1, -0.05) is 6.92 Å². The number of aliphatic hydroxyl groups excluding tert-OH is 1. The van der Waals surface area contributed by atoms with Gasteiger partial charge >= 0.3 is 0 Å². The molecular weight excluding hydrogens is 206 g/mol. The summed E-state index contributed by atoms with van der Waals surface area (Å²) in [5.41, 5.74) is 0. The minimum absolute atomic E-state index is 0.0469. The van der Waals surface area contributed by atoms with Crippen molar-refractivity contribution < 1.29 is 14.3 Å². The Morgan fingerprint density at radius 3 is 2.94 bits per heavy atom. The lowest BCUT2D eigenvalue weighted by atomic mass is 10.2. The number of aryl methyl sites for hydroxylation is 1. The molecule has 16 heavy (non-hydrogen) atoms. The van der Waals surface area contributed by atoms with Crippen LogP contribution in [0.5, 0.6) is 0 Å². The third-order valence-electron chi connectivity index (χ3n) is 2.87. The molecule has 1 saturated heterocycles. The highest BCUT2D eigenvalue weighted by Gasteiger charge is 2.20. The smallest absolute Gasteiger partial charge is 0.118 e. The van der Waals surface area contributed by atoms with E-state index in [-0.39, 0.29) is 12.7 Å². The third-order valence-corrected chi connectivity index (χ3v) is 2.87. The van der Waals surface area contributed by atoms with Crippen LogP contribution in [0.4, 0.5) is 0 Å². The van der Waals surface area contributed by atoms with Crippen molar-refractivity contribution in [2.24, 2.45) is 0 Å². The first kappa shape index (κ1) is 11.6. The average molecular weight is 225 g/mol. The quantitative estimate of drug-likeness (QED) is 0.831. The molecule has 2 rings (SSSR count). The van der Waals surface area contributed by atoms with Crippen LogP contribution in [0.25, 0.3) is 0 Å². The van der Waals surface area contributed by atoms with Crippen LogP contribution in [-0.4, -0.2) is 42.4 Å². The summed E-state index contributed by atoms with van der Waals surface area (Å²) in [5.74, 6) is 2.03.